The van der Waals surface area contributed by atoms with E-state index < -0.39 is 0 Å². The summed E-state index contributed by atoms with van der Waals surface area (Å²) in [4.78, 5) is 19.6. The van der Waals surface area contributed by atoms with Gasteiger partial charge in [-0.3, -0.25) is 9.69 Å². The van der Waals surface area contributed by atoms with Gasteiger partial charge in [-0.15, -0.1) is 0 Å². The van der Waals surface area contributed by atoms with Crippen LogP contribution in [0.2, 0.25) is 0 Å². The Morgan fingerprint density at radius 2 is 1.80 bits per heavy atom. The lowest BCUT2D eigenvalue weighted by Crippen LogP contribution is -2.34. The number of nitrogens with zero attached hydrogens (tertiary/aromatic N) is 2. The minimum Gasteiger partial charge on any atom is -0.497 e. The average Bonchev–Trinajstić information content (AvgIpc) is 3.20. The highest BCUT2D eigenvalue weighted by atomic mass is 32.1. The van der Waals surface area contributed by atoms with Gasteiger partial charge in [-0.2, -0.15) is 0 Å². The van der Waals surface area contributed by atoms with Crippen molar-refractivity contribution in [2.45, 2.75) is 13.5 Å². The van der Waals surface area contributed by atoms with Crippen molar-refractivity contribution in [2.75, 3.05) is 18.6 Å². The van der Waals surface area contributed by atoms with Crippen LogP contribution in [0.25, 0.3) is 10.2 Å². The Bertz CT molecular complexity index is 1160. The Labute approximate surface area is 179 Å². The fraction of sp³-hybridized carbons (Fsp3) is 0.167. The standard InChI is InChI=1S/C24H22N2O3S/c1-17-8-6-7-11-21(17)29-16-23(27)26(15-18-9-4-3-5-10-18)24-25-20-14-19(28-2)12-13-22(20)30-24/h3-14H,15-16H2,1-2H3. The Kier molecular flexibility index (Phi) is 5.95. The maximum absolute atomic E-state index is 13.2. The molecule has 6 heteroatoms. The largest absolute Gasteiger partial charge is 0.497 e. The summed E-state index contributed by atoms with van der Waals surface area (Å²) >= 11 is 1.48. The van der Waals surface area contributed by atoms with Crippen molar-refractivity contribution in [2.24, 2.45) is 0 Å². The van der Waals surface area contributed by atoms with Gasteiger partial charge in [0.05, 0.1) is 23.9 Å². The molecule has 152 valence electrons. The van der Waals surface area contributed by atoms with E-state index in [1.807, 2.05) is 79.7 Å². The number of hydrogen-bond acceptors (Lipinski definition) is 5. The van der Waals surface area contributed by atoms with Crippen molar-refractivity contribution in [3.05, 3.63) is 83.9 Å². The molecule has 0 aliphatic heterocycles. The van der Waals surface area contributed by atoms with Crippen LogP contribution in [-0.2, 0) is 11.3 Å². The molecule has 0 N–H and O–H groups in total. The van der Waals surface area contributed by atoms with Crippen LogP contribution in [0.5, 0.6) is 11.5 Å². The summed E-state index contributed by atoms with van der Waals surface area (Å²) in [6, 6.07) is 23.3. The molecule has 0 aliphatic carbocycles. The van der Waals surface area contributed by atoms with Gasteiger partial charge >= 0.3 is 0 Å². The molecule has 1 heterocycles. The van der Waals surface area contributed by atoms with E-state index in [1.54, 1.807) is 12.0 Å². The molecule has 1 aromatic heterocycles. The van der Waals surface area contributed by atoms with Gasteiger partial charge in [0.25, 0.3) is 5.91 Å². The first-order valence-electron chi connectivity index (χ1n) is 9.61. The Hall–Kier alpha value is -3.38. The number of carbonyl (C=O) groups is 1. The second-order valence-electron chi connectivity index (χ2n) is 6.85. The number of carbonyl (C=O) groups excluding carboxylic acids is 1. The first-order chi connectivity index (χ1) is 14.6. The van der Waals surface area contributed by atoms with Crippen LogP contribution in [0.4, 0.5) is 5.13 Å². The molecule has 0 saturated heterocycles. The predicted octanol–water partition coefficient (Wildman–Crippen LogP) is 5.23. The van der Waals surface area contributed by atoms with Gasteiger partial charge in [0.2, 0.25) is 0 Å². The van der Waals surface area contributed by atoms with Crippen LogP contribution in [0.15, 0.2) is 72.8 Å². The molecule has 4 aromatic rings. The number of aromatic nitrogens is 1. The minimum atomic E-state index is -0.145. The third-order valence-electron chi connectivity index (χ3n) is 4.74. The average molecular weight is 419 g/mol. The van der Waals surface area contributed by atoms with Crippen LogP contribution < -0.4 is 14.4 Å². The van der Waals surface area contributed by atoms with Crippen LogP contribution >= 0.6 is 11.3 Å². The van der Waals surface area contributed by atoms with Crippen LogP contribution in [0, 0.1) is 6.92 Å². The van der Waals surface area contributed by atoms with Crippen molar-refractivity contribution in [3.8, 4) is 11.5 Å². The molecule has 1 amide bonds. The van der Waals surface area contributed by atoms with E-state index in [2.05, 4.69) is 0 Å². The molecule has 30 heavy (non-hydrogen) atoms. The summed E-state index contributed by atoms with van der Waals surface area (Å²) in [7, 11) is 1.63. The Balaban J connectivity index is 1.62. The summed E-state index contributed by atoms with van der Waals surface area (Å²) in [6.45, 7) is 2.33. The van der Waals surface area contributed by atoms with E-state index in [9.17, 15) is 4.79 Å². The first kappa shape index (κ1) is 19.9. The third-order valence-corrected chi connectivity index (χ3v) is 5.80. The van der Waals surface area contributed by atoms with E-state index in [0.29, 0.717) is 17.4 Å². The zero-order valence-corrected chi connectivity index (χ0v) is 17.7. The van der Waals surface area contributed by atoms with Crippen molar-refractivity contribution < 1.29 is 14.3 Å². The number of ether oxygens (including phenoxy) is 2. The highest BCUT2D eigenvalue weighted by molar-refractivity contribution is 7.22. The summed E-state index contributed by atoms with van der Waals surface area (Å²) in [5, 5.41) is 0.639. The molecule has 0 bridgehead atoms. The SMILES string of the molecule is COc1ccc2sc(N(Cc3ccccc3)C(=O)COc3ccccc3C)nc2c1. The summed E-state index contributed by atoms with van der Waals surface area (Å²) in [5.41, 5.74) is 2.82. The van der Waals surface area contributed by atoms with E-state index in [-0.39, 0.29) is 12.5 Å². The smallest absolute Gasteiger partial charge is 0.267 e. The quantitative estimate of drug-likeness (QED) is 0.413. The second kappa shape index (κ2) is 8.97. The molecule has 0 radical (unpaired) electrons. The summed E-state index contributed by atoms with van der Waals surface area (Å²) in [6.07, 6.45) is 0. The molecule has 0 unspecified atom stereocenters. The number of anilines is 1. The summed E-state index contributed by atoms with van der Waals surface area (Å²) in [5.74, 6) is 1.30. The molecule has 5 nitrogen and oxygen atoms in total. The van der Waals surface area contributed by atoms with Gasteiger partial charge in [0.15, 0.2) is 11.7 Å². The normalized spacial score (nSPS) is 10.7. The molecule has 0 aliphatic rings. The van der Waals surface area contributed by atoms with Gasteiger partial charge in [-0.05, 0) is 36.2 Å². The zero-order chi connectivity index (χ0) is 20.9. The second-order valence-corrected chi connectivity index (χ2v) is 7.86. The molecule has 0 saturated carbocycles. The van der Waals surface area contributed by atoms with Crippen molar-refractivity contribution in [3.63, 3.8) is 0 Å². The Morgan fingerprint density at radius 1 is 1.03 bits per heavy atom. The topological polar surface area (TPSA) is 51.7 Å². The number of aryl methyl sites for hydroxylation is 1. The lowest BCUT2D eigenvalue weighted by atomic mass is 10.2. The van der Waals surface area contributed by atoms with Gasteiger partial charge in [-0.25, -0.2) is 4.98 Å². The highest BCUT2D eigenvalue weighted by Gasteiger charge is 2.21. The molecular weight excluding hydrogens is 396 g/mol. The number of hydrogen-bond donors (Lipinski definition) is 0. The van der Waals surface area contributed by atoms with E-state index in [0.717, 1.165) is 27.1 Å². The summed E-state index contributed by atoms with van der Waals surface area (Å²) < 4.78 is 12.1. The van der Waals surface area contributed by atoms with Gasteiger partial charge < -0.3 is 9.47 Å². The molecule has 0 atom stereocenters. The first-order valence-corrected chi connectivity index (χ1v) is 10.4. The van der Waals surface area contributed by atoms with Crippen LogP contribution in [0.3, 0.4) is 0 Å². The fourth-order valence-electron chi connectivity index (χ4n) is 3.10. The third kappa shape index (κ3) is 4.44. The maximum Gasteiger partial charge on any atom is 0.267 e. The Morgan fingerprint density at radius 3 is 2.57 bits per heavy atom. The van der Waals surface area contributed by atoms with Gasteiger partial charge in [0, 0.05) is 6.07 Å². The van der Waals surface area contributed by atoms with Crippen LogP contribution in [0.1, 0.15) is 11.1 Å². The number of rotatable bonds is 7. The fourth-order valence-corrected chi connectivity index (χ4v) is 4.06. The minimum absolute atomic E-state index is 0.0586. The zero-order valence-electron chi connectivity index (χ0n) is 16.9. The molecule has 0 fully saturated rings. The monoisotopic (exact) mass is 418 g/mol. The van der Waals surface area contributed by atoms with E-state index in [1.165, 1.54) is 11.3 Å². The van der Waals surface area contributed by atoms with Crippen LogP contribution in [-0.4, -0.2) is 24.6 Å². The number of para-hydroxylation sites is 1. The molecular formula is C24H22N2O3S. The predicted molar refractivity (Wildman–Crippen MR) is 120 cm³/mol. The van der Waals surface area contributed by atoms with Crippen molar-refractivity contribution in [1.82, 2.24) is 4.98 Å². The lowest BCUT2D eigenvalue weighted by molar-refractivity contribution is -0.120. The number of amides is 1. The van der Waals surface area contributed by atoms with Crippen molar-refractivity contribution in [1.29, 1.82) is 0 Å². The number of fused-ring (bicyclic) bond motifs is 1. The maximum atomic E-state index is 13.2. The van der Waals surface area contributed by atoms with E-state index >= 15 is 0 Å². The van der Waals surface area contributed by atoms with E-state index in [4.69, 9.17) is 14.5 Å². The molecule has 4 rings (SSSR count). The number of thiazole rings is 1. The molecule has 3 aromatic carbocycles. The highest BCUT2D eigenvalue weighted by Crippen LogP contribution is 2.32. The lowest BCUT2D eigenvalue weighted by Gasteiger charge is -2.20. The number of methoxy groups -OCH3 is 1. The van der Waals surface area contributed by atoms with Crippen molar-refractivity contribution >= 4 is 32.6 Å². The number of benzene rings is 3. The molecule has 0 spiro atoms. The van der Waals surface area contributed by atoms with Gasteiger partial charge in [-0.1, -0.05) is 59.9 Å². The van der Waals surface area contributed by atoms with Gasteiger partial charge in [0.1, 0.15) is 11.5 Å².